The van der Waals surface area contributed by atoms with Crippen molar-refractivity contribution in [1.29, 1.82) is 0 Å². The molecule has 80 heavy (non-hydrogen) atoms. The van der Waals surface area contributed by atoms with Crippen molar-refractivity contribution < 1.29 is 18.9 Å². The highest BCUT2D eigenvalue weighted by Gasteiger charge is 2.39. The molecule has 0 radical (unpaired) electrons. The van der Waals surface area contributed by atoms with Crippen LogP contribution in [0.25, 0.3) is 89.7 Å². The Kier molecular flexibility index (Phi) is 16.0. The van der Waals surface area contributed by atoms with E-state index in [2.05, 4.69) is 185 Å². The van der Waals surface area contributed by atoms with Gasteiger partial charge >= 0.3 is 0 Å². The minimum atomic E-state index is -0.139. The highest BCUT2D eigenvalue weighted by Crippen LogP contribution is 2.48. The van der Waals surface area contributed by atoms with E-state index in [0.717, 1.165) is 69.5 Å². The highest BCUT2D eigenvalue weighted by molar-refractivity contribution is 6.11. The first-order valence-electron chi connectivity index (χ1n) is 29.8. The average Bonchev–Trinajstić information content (AvgIpc) is 4.28. The second-order valence-corrected chi connectivity index (χ2v) is 26.8. The van der Waals surface area contributed by atoms with Gasteiger partial charge in [0.25, 0.3) is 0 Å². The lowest BCUT2D eigenvalue weighted by Crippen LogP contribution is -2.38. The van der Waals surface area contributed by atoms with Gasteiger partial charge in [-0.1, -0.05) is 187 Å². The molecule has 8 bridgehead atoms. The van der Waals surface area contributed by atoms with Crippen LogP contribution in [0.1, 0.15) is 164 Å². The van der Waals surface area contributed by atoms with E-state index in [-0.39, 0.29) is 69.7 Å². The van der Waals surface area contributed by atoms with E-state index in [0.29, 0.717) is 68.9 Å². The SMILES string of the molecule is CCC(C)(C)C(Oc1cccc2c1-c1nc3nc(nc4[nH]c(nc5[nH]c(nc-2n1)c1c(OC(C(C)C)C(C)(C)CC)cccc51)c1c(OC(C(C)C)C(C)(C)CC)cccc41)-c1c(OC(C(C)C)C(C)(C)CC)cccc1-3)C(C)C. The topological polar surface area (TPSA) is 146 Å². The van der Waals surface area contributed by atoms with Crippen LogP contribution in [-0.2, 0) is 0 Å². The fourth-order valence-electron chi connectivity index (χ4n) is 12.4. The van der Waals surface area contributed by atoms with E-state index in [1.165, 1.54) is 0 Å². The predicted octanol–water partition coefficient (Wildman–Crippen LogP) is 18.2. The number of nitrogens with one attached hydrogen (secondary N) is 2. The molecule has 3 aromatic heterocycles. The lowest BCUT2D eigenvalue weighted by atomic mass is 9.78. The second kappa shape index (κ2) is 22.1. The summed E-state index contributed by atoms with van der Waals surface area (Å²) in [5.41, 5.74) is 4.83. The summed E-state index contributed by atoms with van der Waals surface area (Å²) < 4.78 is 29.0. The van der Waals surface area contributed by atoms with Crippen LogP contribution >= 0.6 is 0 Å². The number of nitrogens with zero attached hydrogens (tertiary/aromatic N) is 6. The van der Waals surface area contributed by atoms with Crippen molar-refractivity contribution >= 4 is 44.1 Å². The number of rotatable bonds is 20. The first-order valence-corrected chi connectivity index (χ1v) is 29.8. The van der Waals surface area contributed by atoms with Gasteiger partial charge in [-0.15, -0.1) is 0 Å². The molecule has 4 aromatic carbocycles. The number of fused-ring (bicyclic) bond motifs is 20. The maximum absolute atomic E-state index is 7.26. The Bertz CT molecular complexity index is 3580. The van der Waals surface area contributed by atoms with Gasteiger partial charge in [-0.25, -0.2) is 29.9 Å². The number of hydrogen-bond donors (Lipinski definition) is 2. The molecule has 0 aliphatic carbocycles. The van der Waals surface area contributed by atoms with Gasteiger partial charge in [-0.3, -0.25) is 0 Å². The molecule has 2 N–H and O–H groups in total. The number of aromatic nitrogens is 8. The van der Waals surface area contributed by atoms with E-state index in [9.17, 15) is 0 Å². The van der Waals surface area contributed by atoms with Crippen molar-refractivity contribution in [3.63, 3.8) is 0 Å². The van der Waals surface area contributed by atoms with Crippen molar-refractivity contribution in [2.45, 2.75) is 189 Å². The molecule has 0 spiro atoms. The summed E-state index contributed by atoms with van der Waals surface area (Å²) >= 11 is 0. The fraction of sp³-hybridized carbons (Fsp3) is 0.529. The van der Waals surface area contributed by atoms with Crippen LogP contribution in [0.4, 0.5) is 0 Å². The molecular formula is C68H90N8O4. The monoisotopic (exact) mass is 1080 g/mol. The van der Waals surface area contributed by atoms with Crippen molar-refractivity contribution in [3.8, 4) is 68.5 Å². The van der Waals surface area contributed by atoms with Crippen LogP contribution in [0, 0.1) is 45.3 Å². The summed E-state index contributed by atoms with van der Waals surface area (Å²) in [5.74, 6) is 5.47. The van der Waals surface area contributed by atoms with Crippen molar-refractivity contribution in [3.05, 3.63) is 72.8 Å². The van der Waals surface area contributed by atoms with Gasteiger partial charge in [0.2, 0.25) is 0 Å². The molecule has 9 rings (SSSR count). The smallest absolute Gasteiger partial charge is 0.168 e. The van der Waals surface area contributed by atoms with Gasteiger partial charge in [0, 0.05) is 43.6 Å². The van der Waals surface area contributed by atoms with Crippen LogP contribution in [-0.4, -0.2) is 64.3 Å². The Balaban J connectivity index is 1.45. The number of H-pyrrole nitrogens is 2. The third kappa shape index (κ3) is 10.8. The average molecular weight is 1080 g/mol. The molecule has 12 heteroatoms. The molecule has 0 amide bonds. The van der Waals surface area contributed by atoms with Crippen LogP contribution < -0.4 is 18.9 Å². The normalized spacial score (nSPS) is 14.7. The van der Waals surface area contributed by atoms with Gasteiger partial charge in [-0.05, 0) is 73.6 Å². The second-order valence-electron chi connectivity index (χ2n) is 26.8. The minimum Gasteiger partial charge on any atom is -0.489 e. The summed E-state index contributed by atoms with van der Waals surface area (Å²) in [4.78, 5) is 40.5. The van der Waals surface area contributed by atoms with Gasteiger partial charge in [0.1, 0.15) is 70.0 Å². The molecule has 4 unspecified atom stereocenters. The molecule has 12 nitrogen and oxygen atoms in total. The van der Waals surface area contributed by atoms with Crippen molar-refractivity contribution in [2.24, 2.45) is 45.3 Å². The third-order valence-electron chi connectivity index (χ3n) is 17.9. The van der Waals surface area contributed by atoms with Gasteiger partial charge in [0.05, 0.1) is 21.9 Å². The summed E-state index contributed by atoms with van der Waals surface area (Å²) in [7, 11) is 0. The first kappa shape index (κ1) is 58.1. The van der Waals surface area contributed by atoms with E-state index in [1.807, 2.05) is 36.4 Å². The Hall–Kier alpha value is -6.56. The standard InChI is InChI=1S/C68H90N8O4/c1-21-65(13,14)53(37(5)6)77-45-33-25-29-41-49(45)61-69-57(41)74-62-51-43(31-27-35-47(51)79-55(39(9)10)67(17,18)23-3)59(71-62)76-64-52-44(32-28-36-48(52)80-56(40(11)12)68(19,20)24-4)60(72-64)75-63-50-42(58(70-63)73-61)30-26-34-46(50)78-54(38(7)8)66(15,16)22-2/h25-40,53-56H,21-24H2,1-20H3,(H2,69,70,71,72,73,74,75,76). The third-order valence-corrected chi connectivity index (χ3v) is 17.9. The largest absolute Gasteiger partial charge is 0.489 e. The molecule has 0 saturated heterocycles. The molecule has 4 atom stereocenters. The fourth-order valence-corrected chi connectivity index (χ4v) is 12.4. The highest BCUT2D eigenvalue weighted by atomic mass is 16.5. The summed E-state index contributed by atoms with van der Waals surface area (Å²) in [6.07, 6.45) is 3.29. The summed E-state index contributed by atoms with van der Waals surface area (Å²) in [5, 5.41) is 3.27. The van der Waals surface area contributed by atoms with Crippen molar-refractivity contribution in [1.82, 2.24) is 39.9 Å². The number of ether oxygens (including phenoxy) is 4. The van der Waals surface area contributed by atoms with Gasteiger partial charge < -0.3 is 28.9 Å². The predicted molar refractivity (Wildman–Crippen MR) is 329 cm³/mol. The van der Waals surface area contributed by atoms with Gasteiger partial charge in [0.15, 0.2) is 23.3 Å². The van der Waals surface area contributed by atoms with Crippen LogP contribution in [0.2, 0.25) is 0 Å². The molecule has 426 valence electrons. The molecule has 0 fully saturated rings. The minimum absolute atomic E-state index is 0.108. The van der Waals surface area contributed by atoms with Crippen LogP contribution in [0.15, 0.2) is 72.8 Å². The summed E-state index contributed by atoms with van der Waals surface area (Å²) in [6, 6.07) is 24.6. The first-order chi connectivity index (χ1) is 37.7. The summed E-state index contributed by atoms with van der Waals surface area (Å²) in [6.45, 7) is 45.0. The zero-order chi connectivity index (χ0) is 58.0. The Labute approximate surface area is 476 Å². The molecule has 7 aromatic rings. The van der Waals surface area contributed by atoms with Gasteiger partial charge in [-0.2, -0.15) is 0 Å². The van der Waals surface area contributed by atoms with E-state index in [4.69, 9.17) is 48.9 Å². The maximum Gasteiger partial charge on any atom is 0.168 e. The Morgan fingerprint density at radius 2 is 0.637 bits per heavy atom. The number of hydrogen-bond acceptors (Lipinski definition) is 10. The number of benzene rings is 4. The van der Waals surface area contributed by atoms with E-state index >= 15 is 0 Å². The van der Waals surface area contributed by atoms with E-state index in [1.54, 1.807) is 0 Å². The Morgan fingerprint density at radius 1 is 0.350 bits per heavy atom. The molecular weight excluding hydrogens is 993 g/mol. The lowest BCUT2D eigenvalue weighted by molar-refractivity contribution is 0.0332. The molecule has 5 heterocycles. The lowest BCUT2D eigenvalue weighted by Gasteiger charge is -2.37. The maximum atomic E-state index is 7.26. The molecule has 0 saturated carbocycles. The Morgan fingerprint density at radius 3 is 1.00 bits per heavy atom. The quantitative estimate of drug-likeness (QED) is 0.0756. The number of aromatic amines is 2. The van der Waals surface area contributed by atoms with Crippen molar-refractivity contribution in [2.75, 3.05) is 0 Å². The zero-order valence-electron chi connectivity index (χ0n) is 51.7. The molecule has 2 aliphatic rings. The van der Waals surface area contributed by atoms with Crippen LogP contribution in [0.3, 0.4) is 0 Å². The van der Waals surface area contributed by atoms with Crippen LogP contribution in [0.5, 0.6) is 23.0 Å². The van der Waals surface area contributed by atoms with E-state index < -0.39 is 0 Å². The molecule has 2 aliphatic heterocycles. The zero-order valence-corrected chi connectivity index (χ0v) is 51.7.